The van der Waals surface area contributed by atoms with Gasteiger partial charge in [-0.2, -0.15) is 5.26 Å². The molecule has 4 heteroatoms. The highest BCUT2D eigenvalue weighted by Crippen LogP contribution is 2.28. The number of aromatic nitrogens is 1. The van der Waals surface area contributed by atoms with Gasteiger partial charge < -0.3 is 5.32 Å². The maximum atomic E-state index is 8.61. The first-order valence-electron chi connectivity index (χ1n) is 3.67. The van der Waals surface area contributed by atoms with Crippen molar-refractivity contribution in [2.75, 3.05) is 17.6 Å². The molecule has 1 aliphatic rings. The summed E-state index contributed by atoms with van der Waals surface area (Å²) in [6.07, 6.45) is 1.61. The molecule has 12 heavy (non-hydrogen) atoms. The lowest BCUT2D eigenvalue weighted by Crippen LogP contribution is -2.11. The Bertz CT molecular complexity index is 343. The molecular formula is C8H7N3S. The summed E-state index contributed by atoms with van der Waals surface area (Å²) < 4.78 is 0. The van der Waals surface area contributed by atoms with Gasteiger partial charge in [-0.3, -0.25) is 0 Å². The van der Waals surface area contributed by atoms with Crippen molar-refractivity contribution in [1.29, 1.82) is 5.26 Å². The van der Waals surface area contributed by atoms with E-state index in [1.54, 1.807) is 18.0 Å². The molecule has 0 spiro atoms. The van der Waals surface area contributed by atoms with Crippen molar-refractivity contribution in [3.05, 3.63) is 17.8 Å². The second-order valence-electron chi connectivity index (χ2n) is 2.46. The fourth-order valence-electron chi connectivity index (χ4n) is 1.09. The van der Waals surface area contributed by atoms with Crippen LogP contribution in [0.25, 0.3) is 0 Å². The van der Waals surface area contributed by atoms with Gasteiger partial charge >= 0.3 is 0 Å². The predicted octanol–water partition coefficient (Wildman–Crippen LogP) is 1.47. The van der Waals surface area contributed by atoms with Crippen LogP contribution in [-0.2, 0) is 0 Å². The Hall–Kier alpha value is -1.21. The van der Waals surface area contributed by atoms with Gasteiger partial charge in [0.2, 0.25) is 0 Å². The molecule has 0 unspecified atom stereocenters. The summed E-state index contributed by atoms with van der Waals surface area (Å²) in [5.41, 5.74) is 1.61. The van der Waals surface area contributed by atoms with Gasteiger partial charge in [0.15, 0.2) is 0 Å². The normalized spacial score (nSPS) is 14.2. The summed E-state index contributed by atoms with van der Waals surface area (Å²) in [6.45, 7) is 0.953. The zero-order valence-corrected chi connectivity index (χ0v) is 7.19. The zero-order chi connectivity index (χ0) is 8.39. The van der Waals surface area contributed by atoms with Gasteiger partial charge in [-0.25, -0.2) is 4.98 Å². The van der Waals surface area contributed by atoms with Crippen LogP contribution in [0.15, 0.2) is 17.3 Å². The van der Waals surface area contributed by atoms with Crippen LogP contribution in [-0.4, -0.2) is 17.3 Å². The Morgan fingerprint density at radius 3 is 3.42 bits per heavy atom. The van der Waals surface area contributed by atoms with E-state index in [0.29, 0.717) is 5.56 Å². The first-order valence-corrected chi connectivity index (χ1v) is 4.65. The highest BCUT2D eigenvalue weighted by molar-refractivity contribution is 7.99. The Morgan fingerprint density at radius 2 is 2.58 bits per heavy atom. The Labute approximate surface area is 74.8 Å². The molecule has 0 aromatic carbocycles. The lowest BCUT2D eigenvalue weighted by atomic mass is 10.3. The minimum atomic E-state index is 0.615. The molecule has 0 fully saturated rings. The summed E-state index contributed by atoms with van der Waals surface area (Å²) in [7, 11) is 0. The van der Waals surface area contributed by atoms with Crippen molar-refractivity contribution in [2.24, 2.45) is 0 Å². The molecule has 0 radical (unpaired) electrons. The molecule has 60 valence electrons. The zero-order valence-electron chi connectivity index (χ0n) is 6.37. The third-order valence-corrected chi connectivity index (χ3v) is 2.64. The molecule has 0 atom stereocenters. The van der Waals surface area contributed by atoms with Crippen molar-refractivity contribution in [3.8, 4) is 6.07 Å². The minimum absolute atomic E-state index is 0.615. The Balaban J connectivity index is 2.44. The molecule has 1 aromatic heterocycles. The van der Waals surface area contributed by atoms with Crippen molar-refractivity contribution < 1.29 is 0 Å². The topological polar surface area (TPSA) is 48.7 Å². The first kappa shape index (κ1) is 7.44. The van der Waals surface area contributed by atoms with E-state index in [1.165, 1.54) is 0 Å². The largest absolute Gasteiger partial charge is 0.382 e. The maximum Gasteiger partial charge on any atom is 0.119 e. The van der Waals surface area contributed by atoms with Gasteiger partial charge in [0.05, 0.1) is 11.3 Å². The van der Waals surface area contributed by atoms with Gasteiger partial charge in [0, 0.05) is 18.5 Å². The first-order chi connectivity index (χ1) is 5.90. The van der Waals surface area contributed by atoms with E-state index in [0.717, 1.165) is 23.0 Å². The third-order valence-electron chi connectivity index (χ3n) is 1.64. The SMILES string of the molecule is N#Cc1cnc2c(c1)NCCS2. The molecule has 0 amide bonds. The number of pyridine rings is 1. The summed E-state index contributed by atoms with van der Waals surface area (Å²) in [5.74, 6) is 1.05. The fourth-order valence-corrected chi connectivity index (χ4v) is 1.90. The van der Waals surface area contributed by atoms with Crippen LogP contribution in [0.2, 0.25) is 0 Å². The third kappa shape index (κ3) is 1.23. The fraction of sp³-hybridized carbons (Fsp3) is 0.250. The van der Waals surface area contributed by atoms with Crippen molar-refractivity contribution in [3.63, 3.8) is 0 Å². The van der Waals surface area contributed by atoms with Crippen molar-refractivity contribution >= 4 is 17.4 Å². The second-order valence-corrected chi connectivity index (χ2v) is 3.55. The highest BCUT2D eigenvalue weighted by atomic mass is 32.2. The minimum Gasteiger partial charge on any atom is -0.382 e. The van der Waals surface area contributed by atoms with Crippen molar-refractivity contribution in [1.82, 2.24) is 4.98 Å². The van der Waals surface area contributed by atoms with Crippen LogP contribution in [0.1, 0.15) is 5.56 Å². The molecule has 0 aliphatic carbocycles. The number of fused-ring (bicyclic) bond motifs is 1. The molecule has 1 N–H and O–H groups in total. The van der Waals surface area contributed by atoms with Crippen LogP contribution >= 0.6 is 11.8 Å². The molecule has 0 saturated carbocycles. The summed E-state index contributed by atoms with van der Waals surface area (Å²) in [5, 5.41) is 12.8. The van der Waals surface area contributed by atoms with E-state index in [-0.39, 0.29) is 0 Å². The van der Waals surface area contributed by atoms with Gasteiger partial charge in [0.25, 0.3) is 0 Å². The van der Waals surface area contributed by atoms with Crippen LogP contribution in [0.4, 0.5) is 5.69 Å². The number of anilines is 1. The average molecular weight is 177 g/mol. The number of thioether (sulfide) groups is 1. The predicted molar refractivity (Wildman–Crippen MR) is 48.2 cm³/mol. The van der Waals surface area contributed by atoms with E-state index in [2.05, 4.69) is 16.4 Å². The second kappa shape index (κ2) is 3.03. The lowest BCUT2D eigenvalue weighted by molar-refractivity contribution is 1.06. The molecule has 0 bridgehead atoms. The molecule has 1 aromatic rings. The molecule has 1 aliphatic heterocycles. The average Bonchev–Trinajstić information content (AvgIpc) is 2.17. The lowest BCUT2D eigenvalue weighted by Gasteiger charge is -2.15. The molecule has 2 rings (SSSR count). The smallest absolute Gasteiger partial charge is 0.119 e. The quantitative estimate of drug-likeness (QED) is 0.652. The summed E-state index contributed by atoms with van der Waals surface area (Å²) >= 11 is 1.72. The van der Waals surface area contributed by atoms with E-state index in [1.807, 2.05) is 6.07 Å². The number of hydrogen-bond acceptors (Lipinski definition) is 4. The number of rotatable bonds is 0. The number of nitriles is 1. The van der Waals surface area contributed by atoms with Gasteiger partial charge in [-0.1, -0.05) is 0 Å². The van der Waals surface area contributed by atoms with Gasteiger partial charge in [0.1, 0.15) is 11.1 Å². The summed E-state index contributed by atoms with van der Waals surface area (Å²) in [6, 6.07) is 3.91. The van der Waals surface area contributed by atoms with Crippen LogP contribution in [0.3, 0.4) is 0 Å². The van der Waals surface area contributed by atoms with E-state index < -0.39 is 0 Å². The van der Waals surface area contributed by atoms with E-state index >= 15 is 0 Å². The maximum absolute atomic E-state index is 8.61. The molecule has 0 saturated heterocycles. The number of hydrogen-bond donors (Lipinski definition) is 1. The molecule has 3 nitrogen and oxygen atoms in total. The van der Waals surface area contributed by atoms with E-state index in [4.69, 9.17) is 5.26 Å². The molecule has 2 heterocycles. The Morgan fingerprint density at radius 1 is 1.67 bits per heavy atom. The molecular weight excluding hydrogens is 170 g/mol. The monoisotopic (exact) mass is 177 g/mol. The standard InChI is InChI=1S/C8H7N3S/c9-4-6-3-7-8(11-5-6)12-2-1-10-7/h3,5,10H,1-2H2. The van der Waals surface area contributed by atoms with Gasteiger partial charge in [-0.15, -0.1) is 11.8 Å². The Kier molecular flexibility index (Phi) is 1.88. The van der Waals surface area contributed by atoms with Crippen LogP contribution in [0.5, 0.6) is 0 Å². The summed E-state index contributed by atoms with van der Waals surface area (Å²) in [4.78, 5) is 4.17. The number of nitrogens with zero attached hydrogens (tertiary/aromatic N) is 2. The highest BCUT2D eigenvalue weighted by Gasteiger charge is 2.09. The van der Waals surface area contributed by atoms with E-state index in [9.17, 15) is 0 Å². The van der Waals surface area contributed by atoms with Gasteiger partial charge in [-0.05, 0) is 6.07 Å². The van der Waals surface area contributed by atoms with Crippen LogP contribution < -0.4 is 5.32 Å². The van der Waals surface area contributed by atoms with Crippen molar-refractivity contribution in [2.45, 2.75) is 5.03 Å². The van der Waals surface area contributed by atoms with Crippen LogP contribution in [0, 0.1) is 11.3 Å². The number of nitrogens with one attached hydrogen (secondary N) is 1.